The molecule has 196 valence electrons. The molecule has 3 aromatic rings. The molecule has 3 rings (SSSR count). The highest BCUT2D eigenvalue weighted by molar-refractivity contribution is 9.10. The molecule has 0 radical (unpaired) electrons. The lowest BCUT2D eigenvalue weighted by Crippen LogP contribution is -2.34. The van der Waals surface area contributed by atoms with Crippen LogP contribution in [-0.2, 0) is 4.74 Å². The number of benzene rings is 2. The molecular formula is C25H26BrF2N5O4. The summed E-state index contributed by atoms with van der Waals surface area (Å²) in [5.74, 6) is -2.68. The van der Waals surface area contributed by atoms with Crippen LogP contribution in [0, 0.1) is 11.6 Å². The molecule has 1 heterocycles. The van der Waals surface area contributed by atoms with Gasteiger partial charge in [0.15, 0.2) is 0 Å². The van der Waals surface area contributed by atoms with E-state index in [1.165, 1.54) is 42.5 Å². The fraction of sp³-hybridized carbons (Fsp3) is 0.280. The SMILES string of the molecule is CCN(CCOC)C(=O)c1cnc(N)c(-c2ccc(C(=O)N[C@H](CO)c3cc(F)cc(Br)c3)c(F)c2)n1. The number of carbonyl (C=O) groups excluding carboxylic acids is 2. The van der Waals surface area contributed by atoms with E-state index in [1.807, 2.05) is 6.92 Å². The third-order valence-corrected chi connectivity index (χ3v) is 5.97. The second-order valence-electron chi connectivity index (χ2n) is 7.97. The number of nitrogens with zero attached hydrogens (tertiary/aromatic N) is 3. The van der Waals surface area contributed by atoms with Crippen LogP contribution in [0.1, 0.15) is 39.4 Å². The van der Waals surface area contributed by atoms with E-state index in [1.54, 1.807) is 0 Å². The summed E-state index contributed by atoms with van der Waals surface area (Å²) < 4.78 is 34.2. The van der Waals surface area contributed by atoms with Gasteiger partial charge in [-0.05, 0) is 42.8 Å². The third kappa shape index (κ3) is 6.85. The molecule has 0 spiro atoms. The molecule has 0 aliphatic heterocycles. The molecule has 37 heavy (non-hydrogen) atoms. The Bertz CT molecular complexity index is 1270. The molecule has 0 saturated carbocycles. The Balaban J connectivity index is 1.85. The maximum atomic E-state index is 15.0. The number of ether oxygens (including phenoxy) is 1. The molecule has 1 aromatic heterocycles. The smallest absolute Gasteiger partial charge is 0.274 e. The van der Waals surface area contributed by atoms with Gasteiger partial charge < -0.3 is 25.8 Å². The van der Waals surface area contributed by atoms with Gasteiger partial charge in [0, 0.05) is 30.2 Å². The summed E-state index contributed by atoms with van der Waals surface area (Å²) in [4.78, 5) is 35.4. The first-order valence-corrected chi connectivity index (χ1v) is 12.1. The lowest BCUT2D eigenvalue weighted by molar-refractivity contribution is 0.0700. The molecule has 9 nitrogen and oxygen atoms in total. The Morgan fingerprint density at radius 2 is 2.00 bits per heavy atom. The normalized spacial score (nSPS) is 11.7. The van der Waals surface area contributed by atoms with Crippen LogP contribution in [0.4, 0.5) is 14.6 Å². The van der Waals surface area contributed by atoms with Crippen molar-refractivity contribution >= 4 is 33.6 Å². The molecule has 0 aliphatic carbocycles. The predicted molar refractivity (Wildman–Crippen MR) is 137 cm³/mol. The van der Waals surface area contributed by atoms with Crippen LogP contribution in [0.15, 0.2) is 47.1 Å². The van der Waals surface area contributed by atoms with Crippen LogP contribution >= 0.6 is 15.9 Å². The Kier molecular flexibility index (Phi) is 9.61. The van der Waals surface area contributed by atoms with Gasteiger partial charge in [-0.25, -0.2) is 18.7 Å². The van der Waals surface area contributed by atoms with E-state index in [-0.39, 0.29) is 34.2 Å². The van der Waals surface area contributed by atoms with Crippen LogP contribution in [0.25, 0.3) is 11.3 Å². The highest BCUT2D eigenvalue weighted by Gasteiger charge is 2.22. The Hall–Kier alpha value is -3.48. The number of carbonyl (C=O) groups is 2. The van der Waals surface area contributed by atoms with Gasteiger partial charge in [0.05, 0.1) is 31.0 Å². The first-order valence-electron chi connectivity index (χ1n) is 11.3. The van der Waals surface area contributed by atoms with Crippen LogP contribution in [0.5, 0.6) is 0 Å². The number of methoxy groups -OCH3 is 1. The number of aliphatic hydroxyl groups is 1. The third-order valence-electron chi connectivity index (χ3n) is 5.52. The van der Waals surface area contributed by atoms with Gasteiger partial charge in [0.25, 0.3) is 11.8 Å². The minimum atomic E-state index is -0.970. The predicted octanol–water partition coefficient (Wildman–Crippen LogP) is 3.34. The monoisotopic (exact) mass is 577 g/mol. The number of nitrogen functional groups attached to an aromatic ring is 1. The van der Waals surface area contributed by atoms with Crippen molar-refractivity contribution in [3.8, 4) is 11.3 Å². The zero-order chi connectivity index (χ0) is 27.1. The highest BCUT2D eigenvalue weighted by Crippen LogP contribution is 2.26. The number of hydrogen-bond donors (Lipinski definition) is 3. The van der Waals surface area contributed by atoms with Crippen molar-refractivity contribution in [1.29, 1.82) is 0 Å². The maximum Gasteiger partial charge on any atom is 0.274 e. The van der Waals surface area contributed by atoms with Crippen molar-refractivity contribution in [3.05, 3.63) is 75.5 Å². The number of nitrogens with two attached hydrogens (primary N) is 1. The summed E-state index contributed by atoms with van der Waals surface area (Å²) in [6, 6.07) is 6.66. The average Bonchev–Trinajstić information content (AvgIpc) is 2.87. The van der Waals surface area contributed by atoms with E-state index in [4.69, 9.17) is 10.5 Å². The second-order valence-corrected chi connectivity index (χ2v) is 8.89. The summed E-state index contributed by atoms with van der Waals surface area (Å²) >= 11 is 3.16. The standard InChI is InChI=1S/C25H26BrF2N5O4/c1-3-33(6-7-37-2)25(36)20-12-30-23(29)22(31-20)14-4-5-18(19(28)10-14)24(35)32-21(13-34)15-8-16(26)11-17(27)9-15/h4-5,8-12,21,34H,3,6-7,13H2,1-2H3,(H2,29,30)(H,32,35)/t21-/m1/s1. The van der Waals surface area contributed by atoms with E-state index in [0.717, 1.165) is 12.1 Å². The number of nitrogens with one attached hydrogen (secondary N) is 1. The summed E-state index contributed by atoms with van der Waals surface area (Å²) in [6.45, 7) is 2.40. The topological polar surface area (TPSA) is 131 Å². The van der Waals surface area contributed by atoms with Crippen molar-refractivity contribution in [2.75, 3.05) is 39.1 Å². The largest absolute Gasteiger partial charge is 0.394 e. The Morgan fingerprint density at radius 1 is 1.24 bits per heavy atom. The quantitative estimate of drug-likeness (QED) is 0.337. The minimum Gasteiger partial charge on any atom is -0.394 e. The number of hydrogen-bond acceptors (Lipinski definition) is 7. The molecule has 0 saturated heterocycles. The fourth-order valence-electron chi connectivity index (χ4n) is 3.57. The summed E-state index contributed by atoms with van der Waals surface area (Å²) in [5.41, 5.74) is 6.25. The van der Waals surface area contributed by atoms with Crippen LogP contribution < -0.4 is 11.1 Å². The van der Waals surface area contributed by atoms with Crippen molar-refractivity contribution in [3.63, 3.8) is 0 Å². The van der Waals surface area contributed by atoms with Crippen molar-refractivity contribution in [2.45, 2.75) is 13.0 Å². The highest BCUT2D eigenvalue weighted by atomic mass is 79.9. The Morgan fingerprint density at radius 3 is 2.62 bits per heavy atom. The molecule has 0 unspecified atom stereocenters. The van der Waals surface area contributed by atoms with Gasteiger partial charge in [0.1, 0.15) is 28.8 Å². The van der Waals surface area contributed by atoms with Crippen molar-refractivity contribution in [2.24, 2.45) is 0 Å². The van der Waals surface area contributed by atoms with Gasteiger partial charge in [-0.1, -0.05) is 22.0 Å². The van der Waals surface area contributed by atoms with E-state index in [9.17, 15) is 19.1 Å². The van der Waals surface area contributed by atoms with Gasteiger partial charge in [0.2, 0.25) is 0 Å². The van der Waals surface area contributed by atoms with E-state index >= 15 is 4.39 Å². The average molecular weight is 578 g/mol. The number of aliphatic hydroxyl groups excluding tert-OH is 1. The van der Waals surface area contributed by atoms with Gasteiger partial charge in [-0.2, -0.15) is 0 Å². The number of halogens is 3. The molecule has 0 bridgehead atoms. The zero-order valence-electron chi connectivity index (χ0n) is 20.2. The van der Waals surface area contributed by atoms with Gasteiger partial charge in [-0.15, -0.1) is 0 Å². The Labute approximate surface area is 220 Å². The number of amides is 2. The minimum absolute atomic E-state index is 0.0230. The summed E-state index contributed by atoms with van der Waals surface area (Å²) in [5, 5.41) is 12.2. The fourth-order valence-corrected chi connectivity index (χ4v) is 4.06. The van der Waals surface area contributed by atoms with Gasteiger partial charge in [-0.3, -0.25) is 9.59 Å². The molecule has 0 fully saturated rings. The first kappa shape index (κ1) is 28.1. The molecule has 0 aliphatic rings. The van der Waals surface area contributed by atoms with Crippen molar-refractivity contribution < 1.29 is 28.2 Å². The van der Waals surface area contributed by atoms with E-state index < -0.39 is 30.2 Å². The first-order chi connectivity index (χ1) is 17.7. The molecular weight excluding hydrogens is 552 g/mol. The van der Waals surface area contributed by atoms with Crippen molar-refractivity contribution in [1.82, 2.24) is 20.2 Å². The lowest BCUT2D eigenvalue weighted by Gasteiger charge is -2.20. The molecule has 2 amide bonds. The lowest BCUT2D eigenvalue weighted by atomic mass is 10.0. The number of rotatable bonds is 10. The van der Waals surface area contributed by atoms with E-state index in [0.29, 0.717) is 29.7 Å². The second kappa shape index (κ2) is 12.7. The van der Waals surface area contributed by atoms with Crippen LogP contribution in [-0.4, -0.2) is 65.2 Å². The number of likely N-dealkylation sites (N-methyl/N-ethyl adjacent to an activating group) is 1. The molecule has 12 heteroatoms. The zero-order valence-corrected chi connectivity index (χ0v) is 21.8. The van der Waals surface area contributed by atoms with Crippen LogP contribution in [0.3, 0.4) is 0 Å². The maximum absolute atomic E-state index is 15.0. The molecule has 1 atom stereocenters. The molecule has 4 N–H and O–H groups in total. The van der Waals surface area contributed by atoms with Gasteiger partial charge >= 0.3 is 0 Å². The molecule has 2 aromatic carbocycles. The van der Waals surface area contributed by atoms with E-state index in [2.05, 4.69) is 31.2 Å². The van der Waals surface area contributed by atoms with Crippen LogP contribution in [0.2, 0.25) is 0 Å². The number of aromatic nitrogens is 2. The summed E-state index contributed by atoms with van der Waals surface area (Å²) in [6.07, 6.45) is 1.24. The number of anilines is 1. The summed E-state index contributed by atoms with van der Waals surface area (Å²) in [7, 11) is 1.53.